The fraction of sp³-hybridized carbons (Fsp3) is 0.417. The number of halogens is 1. The Morgan fingerprint density at radius 1 is 1.47 bits per heavy atom. The Hall–Kier alpha value is -0.690. The van der Waals surface area contributed by atoms with Gasteiger partial charge >= 0.3 is 0 Å². The Kier molecular flexibility index (Phi) is 4.15. The first-order valence-electron chi connectivity index (χ1n) is 5.91. The Morgan fingerprint density at radius 3 is 2.58 bits per heavy atom. The number of sulfonamides is 1. The molecular formula is C12H15ClN2O2S2. The second-order valence-corrected chi connectivity index (χ2v) is 7.46. The molecule has 1 aliphatic rings. The number of thiocarbonyl (C=S) groups is 1. The molecule has 0 aromatic heterocycles. The van der Waals surface area contributed by atoms with Crippen LogP contribution in [0.5, 0.6) is 0 Å². The Balaban J connectivity index is 2.21. The molecule has 19 heavy (non-hydrogen) atoms. The van der Waals surface area contributed by atoms with Gasteiger partial charge in [0.2, 0.25) is 10.0 Å². The molecule has 0 saturated heterocycles. The number of hydrogen-bond donors (Lipinski definition) is 2. The molecule has 104 valence electrons. The standard InChI is InChI=1S/C12H15ClN2O2S2/c1-7-4-8(5-7)15-19(16,17)9-2-3-10(12(14)18)11(13)6-9/h2-3,6-8,15H,4-5H2,1H3,(H2,14,18). The zero-order valence-electron chi connectivity index (χ0n) is 10.4. The maximum Gasteiger partial charge on any atom is 0.240 e. The van der Waals surface area contributed by atoms with Crippen molar-refractivity contribution in [3.8, 4) is 0 Å². The van der Waals surface area contributed by atoms with E-state index in [0.717, 1.165) is 12.8 Å². The lowest BCUT2D eigenvalue weighted by Gasteiger charge is -2.32. The van der Waals surface area contributed by atoms with Crippen molar-refractivity contribution in [2.45, 2.75) is 30.7 Å². The van der Waals surface area contributed by atoms with Gasteiger partial charge in [0.05, 0.1) is 9.92 Å². The van der Waals surface area contributed by atoms with Crippen LogP contribution in [0.1, 0.15) is 25.3 Å². The molecule has 7 heteroatoms. The van der Waals surface area contributed by atoms with E-state index in [1.165, 1.54) is 18.2 Å². The van der Waals surface area contributed by atoms with Gasteiger partial charge in [0.15, 0.2) is 0 Å². The first kappa shape index (κ1) is 14.7. The van der Waals surface area contributed by atoms with Gasteiger partial charge in [-0.15, -0.1) is 0 Å². The predicted octanol–water partition coefficient (Wildman–Crippen LogP) is 2.05. The van der Waals surface area contributed by atoms with Gasteiger partial charge in [-0.05, 0) is 37.0 Å². The van der Waals surface area contributed by atoms with Crippen LogP contribution in [0.15, 0.2) is 23.1 Å². The largest absolute Gasteiger partial charge is 0.389 e. The highest BCUT2D eigenvalue weighted by atomic mass is 35.5. The van der Waals surface area contributed by atoms with E-state index in [1.54, 1.807) is 0 Å². The summed E-state index contributed by atoms with van der Waals surface area (Å²) in [6.07, 6.45) is 1.75. The lowest BCUT2D eigenvalue weighted by atomic mass is 9.83. The van der Waals surface area contributed by atoms with Crippen LogP contribution in [0.2, 0.25) is 5.02 Å². The summed E-state index contributed by atoms with van der Waals surface area (Å²) in [5.74, 6) is 0.577. The lowest BCUT2D eigenvalue weighted by Crippen LogP contribution is -2.43. The van der Waals surface area contributed by atoms with Crippen LogP contribution in [0, 0.1) is 5.92 Å². The van der Waals surface area contributed by atoms with E-state index in [2.05, 4.69) is 11.6 Å². The van der Waals surface area contributed by atoms with E-state index in [-0.39, 0.29) is 20.9 Å². The van der Waals surface area contributed by atoms with E-state index in [1.807, 2.05) is 0 Å². The van der Waals surface area contributed by atoms with Crippen LogP contribution in [0.25, 0.3) is 0 Å². The van der Waals surface area contributed by atoms with E-state index >= 15 is 0 Å². The molecule has 0 spiro atoms. The molecule has 0 atom stereocenters. The number of nitrogens with two attached hydrogens (primary N) is 1. The molecule has 3 N–H and O–H groups in total. The lowest BCUT2D eigenvalue weighted by molar-refractivity contribution is 0.270. The zero-order valence-corrected chi connectivity index (χ0v) is 12.8. The summed E-state index contributed by atoms with van der Waals surface area (Å²) in [5.41, 5.74) is 5.96. The maximum absolute atomic E-state index is 12.1. The van der Waals surface area contributed by atoms with Gasteiger partial charge in [0.1, 0.15) is 4.99 Å². The smallest absolute Gasteiger partial charge is 0.240 e. The number of rotatable bonds is 4. The Labute approximate surface area is 123 Å². The van der Waals surface area contributed by atoms with Crippen LogP contribution >= 0.6 is 23.8 Å². The van der Waals surface area contributed by atoms with Crippen molar-refractivity contribution in [3.05, 3.63) is 28.8 Å². The fourth-order valence-electron chi connectivity index (χ4n) is 2.15. The van der Waals surface area contributed by atoms with Gasteiger partial charge in [-0.2, -0.15) is 0 Å². The molecule has 1 fully saturated rings. The minimum atomic E-state index is -3.53. The van der Waals surface area contributed by atoms with Crippen LogP contribution in [-0.4, -0.2) is 19.4 Å². The molecule has 0 heterocycles. The van der Waals surface area contributed by atoms with Crippen LogP contribution in [-0.2, 0) is 10.0 Å². The SMILES string of the molecule is CC1CC(NS(=O)(=O)c2ccc(C(N)=S)c(Cl)c2)C1. The molecule has 0 bridgehead atoms. The summed E-state index contributed by atoms with van der Waals surface area (Å²) in [4.78, 5) is 0.284. The highest BCUT2D eigenvalue weighted by Gasteiger charge is 2.30. The highest BCUT2D eigenvalue weighted by Crippen LogP contribution is 2.28. The van der Waals surface area contributed by atoms with Gasteiger partial charge in [-0.1, -0.05) is 30.7 Å². The van der Waals surface area contributed by atoms with Crippen LogP contribution in [0.3, 0.4) is 0 Å². The average molecular weight is 319 g/mol. The summed E-state index contributed by atoms with van der Waals surface area (Å²) in [5, 5.41) is 0.248. The van der Waals surface area contributed by atoms with Crippen LogP contribution in [0.4, 0.5) is 0 Å². The minimum Gasteiger partial charge on any atom is -0.389 e. The molecule has 1 aliphatic carbocycles. The van der Waals surface area contributed by atoms with Gasteiger partial charge in [-0.3, -0.25) is 0 Å². The molecule has 0 unspecified atom stereocenters. The zero-order chi connectivity index (χ0) is 14.2. The summed E-state index contributed by atoms with van der Waals surface area (Å²) in [6.45, 7) is 2.10. The molecule has 0 radical (unpaired) electrons. The van der Waals surface area contributed by atoms with E-state index in [9.17, 15) is 8.42 Å². The third-order valence-corrected chi connectivity index (χ3v) is 5.26. The monoisotopic (exact) mass is 318 g/mol. The molecule has 4 nitrogen and oxygen atoms in total. The third kappa shape index (κ3) is 3.25. The molecule has 1 aromatic rings. The number of benzene rings is 1. The van der Waals surface area contributed by atoms with Gasteiger partial charge < -0.3 is 5.73 Å². The van der Waals surface area contributed by atoms with Crippen LogP contribution < -0.4 is 10.5 Å². The van der Waals surface area contributed by atoms with Gasteiger partial charge in [0, 0.05) is 11.6 Å². The predicted molar refractivity (Wildman–Crippen MR) is 79.8 cm³/mol. The Bertz CT molecular complexity index is 610. The highest BCUT2D eigenvalue weighted by molar-refractivity contribution is 7.89. The molecule has 1 saturated carbocycles. The first-order chi connectivity index (χ1) is 8.79. The summed E-state index contributed by atoms with van der Waals surface area (Å²) in [6, 6.07) is 4.39. The molecule has 0 amide bonds. The van der Waals surface area contributed by atoms with Crippen molar-refractivity contribution < 1.29 is 8.42 Å². The van der Waals surface area contributed by atoms with Crippen molar-refractivity contribution in [2.24, 2.45) is 11.7 Å². The molecular weight excluding hydrogens is 304 g/mol. The second-order valence-electron chi connectivity index (χ2n) is 4.90. The quantitative estimate of drug-likeness (QED) is 0.833. The van der Waals surface area contributed by atoms with E-state index in [4.69, 9.17) is 29.6 Å². The van der Waals surface area contributed by atoms with Crippen molar-refractivity contribution >= 4 is 38.8 Å². The summed E-state index contributed by atoms with van der Waals surface area (Å²) >= 11 is 10.8. The third-order valence-electron chi connectivity index (χ3n) is 3.21. The first-order valence-corrected chi connectivity index (χ1v) is 8.18. The van der Waals surface area contributed by atoms with Crippen molar-refractivity contribution in [2.75, 3.05) is 0 Å². The van der Waals surface area contributed by atoms with Crippen molar-refractivity contribution in [3.63, 3.8) is 0 Å². The summed E-state index contributed by atoms with van der Waals surface area (Å²) < 4.78 is 26.9. The Morgan fingerprint density at radius 2 is 2.11 bits per heavy atom. The average Bonchev–Trinajstić information content (AvgIpc) is 2.26. The van der Waals surface area contributed by atoms with Crippen molar-refractivity contribution in [1.29, 1.82) is 0 Å². The second kappa shape index (κ2) is 5.36. The van der Waals surface area contributed by atoms with Crippen molar-refractivity contribution in [1.82, 2.24) is 4.72 Å². The van der Waals surface area contributed by atoms with E-state index in [0.29, 0.717) is 11.5 Å². The normalized spacial score (nSPS) is 22.8. The minimum absolute atomic E-state index is 0.0223. The summed E-state index contributed by atoms with van der Waals surface area (Å²) in [7, 11) is -3.53. The van der Waals surface area contributed by atoms with Gasteiger partial charge in [0.25, 0.3) is 0 Å². The molecule has 1 aromatic carbocycles. The molecule has 0 aliphatic heterocycles. The molecule has 2 rings (SSSR count). The van der Waals surface area contributed by atoms with Gasteiger partial charge in [-0.25, -0.2) is 13.1 Å². The van der Waals surface area contributed by atoms with E-state index < -0.39 is 10.0 Å². The number of hydrogen-bond acceptors (Lipinski definition) is 3. The topological polar surface area (TPSA) is 72.2 Å². The fourth-order valence-corrected chi connectivity index (χ4v) is 4.02. The number of nitrogens with one attached hydrogen (secondary N) is 1. The maximum atomic E-state index is 12.1.